The summed E-state index contributed by atoms with van der Waals surface area (Å²) in [5, 5.41) is 9.16. The Morgan fingerprint density at radius 3 is 2.24 bits per heavy atom. The third-order valence-electron chi connectivity index (χ3n) is 3.72. The fraction of sp³-hybridized carbons (Fsp3) is 0.533. The average molecular weight is 313 g/mol. The quantitative estimate of drug-likeness (QED) is 0.772. The van der Waals surface area contributed by atoms with Crippen LogP contribution in [0.25, 0.3) is 0 Å². The van der Waals surface area contributed by atoms with Gasteiger partial charge in [0.15, 0.2) is 0 Å². The second kappa shape index (κ2) is 7.04. The molecule has 118 valence electrons. The van der Waals surface area contributed by atoms with Crippen LogP contribution in [0.3, 0.4) is 0 Å². The van der Waals surface area contributed by atoms with Crippen molar-refractivity contribution in [1.29, 1.82) is 0 Å². The Labute approximate surface area is 126 Å². The molecule has 0 bridgehead atoms. The summed E-state index contributed by atoms with van der Waals surface area (Å²) in [4.78, 5) is 11.3. The van der Waals surface area contributed by atoms with Gasteiger partial charge in [-0.1, -0.05) is 32.4 Å². The maximum absolute atomic E-state index is 12.2. The maximum atomic E-state index is 12.2. The predicted octanol–water partition coefficient (Wildman–Crippen LogP) is 2.42. The molecule has 6 heteroatoms. The first kappa shape index (κ1) is 17.7. The summed E-state index contributed by atoms with van der Waals surface area (Å²) in [7, 11) is -3.68. The molecule has 0 saturated heterocycles. The van der Waals surface area contributed by atoms with Crippen molar-refractivity contribution in [2.45, 2.75) is 44.9 Å². The van der Waals surface area contributed by atoms with Gasteiger partial charge in [0.2, 0.25) is 10.0 Å². The predicted molar refractivity (Wildman–Crippen MR) is 81.7 cm³/mol. The maximum Gasteiger partial charge on any atom is 0.310 e. The zero-order valence-corrected chi connectivity index (χ0v) is 13.5. The fourth-order valence-corrected chi connectivity index (χ4v) is 2.98. The highest BCUT2D eigenvalue weighted by atomic mass is 32.2. The first-order valence-corrected chi connectivity index (χ1v) is 8.55. The van der Waals surface area contributed by atoms with E-state index in [1.165, 1.54) is 6.92 Å². The number of aryl methyl sites for hydroxylation is 1. The van der Waals surface area contributed by atoms with Gasteiger partial charge in [-0.2, -0.15) is 0 Å². The van der Waals surface area contributed by atoms with E-state index >= 15 is 0 Å². The molecule has 0 saturated carbocycles. The summed E-state index contributed by atoms with van der Waals surface area (Å²) in [6, 6.07) is 6.68. The minimum atomic E-state index is -3.68. The zero-order valence-electron chi connectivity index (χ0n) is 12.7. The van der Waals surface area contributed by atoms with Gasteiger partial charge in [0.05, 0.1) is 10.3 Å². The second-order valence-corrected chi connectivity index (χ2v) is 7.20. The Morgan fingerprint density at radius 2 is 1.81 bits per heavy atom. The summed E-state index contributed by atoms with van der Waals surface area (Å²) in [5.74, 6) is -1.01. The van der Waals surface area contributed by atoms with Crippen molar-refractivity contribution in [3.8, 4) is 0 Å². The lowest BCUT2D eigenvalue weighted by molar-refractivity contribution is -0.147. The van der Waals surface area contributed by atoms with E-state index in [0.717, 1.165) is 18.4 Å². The largest absolute Gasteiger partial charge is 0.481 e. The average Bonchev–Trinajstić information content (AvgIpc) is 2.45. The minimum absolute atomic E-state index is 0.127. The molecule has 1 atom stereocenters. The Balaban J connectivity index is 2.84. The van der Waals surface area contributed by atoms with E-state index in [1.807, 2.05) is 0 Å². The molecule has 1 rings (SSSR count). The van der Waals surface area contributed by atoms with Crippen molar-refractivity contribution in [3.63, 3.8) is 0 Å². The van der Waals surface area contributed by atoms with Crippen molar-refractivity contribution in [2.75, 3.05) is 6.54 Å². The van der Waals surface area contributed by atoms with E-state index in [4.69, 9.17) is 5.11 Å². The molecule has 5 nitrogen and oxygen atoms in total. The lowest BCUT2D eigenvalue weighted by Gasteiger charge is -2.23. The van der Waals surface area contributed by atoms with Gasteiger partial charge in [-0.25, -0.2) is 13.1 Å². The topological polar surface area (TPSA) is 83.5 Å². The highest BCUT2D eigenvalue weighted by Crippen LogP contribution is 2.21. The van der Waals surface area contributed by atoms with Crippen molar-refractivity contribution in [3.05, 3.63) is 29.8 Å². The number of carboxylic acids is 1. The molecule has 1 aromatic rings. The Hall–Kier alpha value is -1.40. The van der Waals surface area contributed by atoms with Crippen molar-refractivity contribution >= 4 is 16.0 Å². The van der Waals surface area contributed by atoms with Gasteiger partial charge in [0.25, 0.3) is 0 Å². The Kier molecular flexibility index (Phi) is 5.92. The van der Waals surface area contributed by atoms with Gasteiger partial charge in [-0.3, -0.25) is 4.79 Å². The number of carboxylic acid groups (broad SMARTS) is 1. The Morgan fingerprint density at radius 1 is 1.24 bits per heavy atom. The van der Waals surface area contributed by atoms with Crippen LogP contribution >= 0.6 is 0 Å². The summed E-state index contributed by atoms with van der Waals surface area (Å²) in [6.45, 7) is 5.19. The normalized spacial score (nSPS) is 14.6. The number of hydrogen-bond donors (Lipinski definition) is 2. The zero-order chi connectivity index (χ0) is 16.1. The third-order valence-corrected chi connectivity index (χ3v) is 5.14. The van der Waals surface area contributed by atoms with Gasteiger partial charge in [0.1, 0.15) is 0 Å². The lowest BCUT2D eigenvalue weighted by Crippen LogP contribution is -2.40. The molecule has 0 spiro atoms. The van der Waals surface area contributed by atoms with Crippen LogP contribution in [0.15, 0.2) is 29.2 Å². The van der Waals surface area contributed by atoms with E-state index in [2.05, 4.69) is 11.6 Å². The van der Waals surface area contributed by atoms with E-state index in [1.54, 1.807) is 31.2 Å². The van der Waals surface area contributed by atoms with Gasteiger partial charge in [-0.05, 0) is 37.5 Å². The van der Waals surface area contributed by atoms with Crippen LogP contribution in [0.5, 0.6) is 0 Å². The molecule has 0 amide bonds. The van der Waals surface area contributed by atoms with E-state index in [-0.39, 0.29) is 11.4 Å². The van der Waals surface area contributed by atoms with Crippen LogP contribution in [-0.4, -0.2) is 26.0 Å². The molecular weight excluding hydrogens is 290 g/mol. The highest BCUT2D eigenvalue weighted by Gasteiger charge is 2.32. The number of aliphatic carboxylic acids is 1. The van der Waals surface area contributed by atoms with Crippen LogP contribution in [-0.2, 0) is 21.2 Å². The first-order valence-electron chi connectivity index (χ1n) is 7.07. The van der Waals surface area contributed by atoms with Crippen LogP contribution in [0.4, 0.5) is 0 Å². The molecule has 0 aromatic heterocycles. The van der Waals surface area contributed by atoms with Gasteiger partial charge in [-0.15, -0.1) is 0 Å². The number of rotatable bonds is 8. The van der Waals surface area contributed by atoms with Crippen LogP contribution in [0.2, 0.25) is 0 Å². The lowest BCUT2D eigenvalue weighted by atomic mass is 9.88. The van der Waals surface area contributed by atoms with Crippen LogP contribution < -0.4 is 4.72 Å². The first-order chi connectivity index (χ1) is 9.75. The molecule has 0 aliphatic carbocycles. The number of benzene rings is 1. The Bertz CT molecular complexity index is 580. The van der Waals surface area contributed by atoms with Crippen LogP contribution in [0.1, 0.15) is 39.2 Å². The van der Waals surface area contributed by atoms with E-state index < -0.39 is 21.4 Å². The third kappa shape index (κ3) is 4.54. The second-order valence-electron chi connectivity index (χ2n) is 5.44. The van der Waals surface area contributed by atoms with Gasteiger partial charge >= 0.3 is 5.97 Å². The van der Waals surface area contributed by atoms with Crippen molar-refractivity contribution < 1.29 is 18.3 Å². The molecule has 0 fully saturated rings. The van der Waals surface area contributed by atoms with Crippen LogP contribution in [0, 0.1) is 5.41 Å². The molecule has 0 aliphatic heterocycles. The SMILES string of the molecule is CCCc1ccc(S(=O)(=O)NCC(C)(CC)C(=O)O)cc1. The highest BCUT2D eigenvalue weighted by molar-refractivity contribution is 7.89. The molecule has 0 radical (unpaired) electrons. The molecular formula is C15H23NO4S. The van der Waals surface area contributed by atoms with Crippen molar-refractivity contribution in [1.82, 2.24) is 4.72 Å². The molecule has 0 heterocycles. The molecule has 2 N–H and O–H groups in total. The van der Waals surface area contributed by atoms with Gasteiger partial charge in [0, 0.05) is 6.54 Å². The van der Waals surface area contributed by atoms with E-state index in [0.29, 0.717) is 6.42 Å². The molecule has 21 heavy (non-hydrogen) atoms. The van der Waals surface area contributed by atoms with E-state index in [9.17, 15) is 13.2 Å². The minimum Gasteiger partial charge on any atom is -0.481 e. The summed E-state index contributed by atoms with van der Waals surface area (Å²) >= 11 is 0. The standard InChI is InChI=1S/C15H23NO4S/c1-4-6-12-7-9-13(10-8-12)21(19,20)16-11-15(3,5-2)14(17)18/h7-10,16H,4-6,11H2,1-3H3,(H,17,18). The molecule has 1 aromatic carbocycles. The number of sulfonamides is 1. The molecule has 0 aliphatic rings. The number of nitrogens with one attached hydrogen (secondary N) is 1. The summed E-state index contributed by atoms with van der Waals surface area (Å²) in [5.41, 5.74) is -0.0183. The van der Waals surface area contributed by atoms with Gasteiger partial charge < -0.3 is 5.11 Å². The molecule has 1 unspecified atom stereocenters. The number of carbonyl (C=O) groups is 1. The van der Waals surface area contributed by atoms with Crippen molar-refractivity contribution in [2.24, 2.45) is 5.41 Å². The summed E-state index contributed by atoms with van der Waals surface area (Å²) in [6.07, 6.45) is 2.25. The monoisotopic (exact) mass is 313 g/mol. The fourth-order valence-electron chi connectivity index (χ4n) is 1.81. The smallest absolute Gasteiger partial charge is 0.310 e. The summed E-state index contributed by atoms with van der Waals surface area (Å²) < 4.78 is 26.8. The number of hydrogen-bond acceptors (Lipinski definition) is 3.